The topological polar surface area (TPSA) is 27.7 Å². The summed E-state index contributed by atoms with van der Waals surface area (Å²) in [4.78, 5) is 0. The van der Waals surface area contributed by atoms with E-state index in [2.05, 4.69) is 6.07 Å². The van der Waals surface area contributed by atoms with E-state index in [1.807, 2.05) is 31.2 Å². The van der Waals surface area contributed by atoms with Gasteiger partial charge in [0.15, 0.2) is 0 Å². The number of rotatable bonds is 4. The van der Waals surface area contributed by atoms with Crippen LogP contribution >= 0.6 is 0 Å². The molecule has 1 radical (unpaired) electrons. The summed E-state index contributed by atoms with van der Waals surface area (Å²) in [6.07, 6.45) is 0. The molecule has 0 aliphatic carbocycles. The Kier molecular flexibility index (Phi) is 3.95. The summed E-state index contributed by atoms with van der Waals surface area (Å²) in [7, 11) is 4.94. The Morgan fingerprint density at radius 3 is 2.16 bits per heavy atom. The molecule has 0 amide bonds. The zero-order valence-corrected chi connectivity index (χ0v) is 11.6. The van der Waals surface area contributed by atoms with Crippen molar-refractivity contribution < 1.29 is 14.2 Å². The fraction of sp³-hybridized carbons (Fsp3) is 0.250. The first-order chi connectivity index (χ1) is 9.19. The molecule has 2 aromatic carbocycles. The molecule has 0 saturated carbocycles. The van der Waals surface area contributed by atoms with Crippen molar-refractivity contribution in [3.05, 3.63) is 42.0 Å². The van der Waals surface area contributed by atoms with Gasteiger partial charge in [0.25, 0.3) is 0 Å². The molecule has 0 aliphatic rings. The molecule has 2 aromatic rings. The molecule has 19 heavy (non-hydrogen) atoms. The zero-order chi connectivity index (χ0) is 13.8. The van der Waals surface area contributed by atoms with Crippen molar-refractivity contribution in [3.63, 3.8) is 0 Å². The standard InChI is InChI=1S/C16H17O3/c1-11-9-12(17-2)5-7-14(11)15-10-13(18-3)6-8-16(15)19-4/h5-7,9-10H,1-4H3. The molecular weight excluding hydrogens is 240 g/mol. The quantitative estimate of drug-likeness (QED) is 0.839. The molecular formula is C16H17O3. The van der Waals surface area contributed by atoms with Crippen LogP contribution in [0.3, 0.4) is 0 Å². The highest BCUT2D eigenvalue weighted by atomic mass is 16.5. The van der Waals surface area contributed by atoms with E-state index in [9.17, 15) is 0 Å². The molecule has 0 fully saturated rings. The van der Waals surface area contributed by atoms with Crippen LogP contribution < -0.4 is 14.2 Å². The maximum Gasteiger partial charge on any atom is 0.134 e. The summed E-state index contributed by atoms with van der Waals surface area (Å²) in [6.45, 7) is 2.04. The first kappa shape index (κ1) is 13.3. The number of methoxy groups -OCH3 is 3. The van der Waals surface area contributed by atoms with Gasteiger partial charge in [-0.15, -0.1) is 0 Å². The SMILES string of the molecule is COc1ccc(-c2cc(OC)c[c]c2OC)c(C)c1. The van der Waals surface area contributed by atoms with Crippen molar-refractivity contribution in [2.24, 2.45) is 0 Å². The van der Waals surface area contributed by atoms with Gasteiger partial charge in [-0.1, -0.05) is 6.07 Å². The van der Waals surface area contributed by atoms with Gasteiger partial charge in [0.2, 0.25) is 0 Å². The molecule has 0 N–H and O–H groups in total. The molecule has 0 spiro atoms. The van der Waals surface area contributed by atoms with Crippen LogP contribution in [0.4, 0.5) is 0 Å². The molecule has 0 aromatic heterocycles. The molecule has 3 heteroatoms. The van der Waals surface area contributed by atoms with Gasteiger partial charge in [0.1, 0.15) is 17.2 Å². The number of benzene rings is 2. The average molecular weight is 257 g/mol. The Hall–Kier alpha value is -2.16. The summed E-state index contributed by atoms with van der Waals surface area (Å²) < 4.78 is 15.8. The van der Waals surface area contributed by atoms with Gasteiger partial charge in [0, 0.05) is 11.6 Å². The van der Waals surface area contributed by atoms with Crippen LogP contribution in [0.5, 0.6) is 17.2 Å². The van der Waals surface area contributed by atoms with E-state index in [-0.39, 0.29) is 0 Å². The van der Waals surface area contributed by atoms with Crippen LogP contribution in [0.25, 0.3) is 11.1 Å². The van der Waals surface area contributed by atoms with Crippen molar-refractivity contribution >= 4 is 0 Å². The van der Waals surface area contributed by atoms with Gasteiger partial charge in [0.05, 0.1) is 21.3 Å². The van der Waals surface area contributed by atoms with Gasteiger partial charge in [-0.2, -0.15) is 0 Å². The average Bonchev–Trinajstić information content (AvgIpc) is 2.46. The Morgan fingerprint density at radius 2 is 1.58 bits per heavy atom. The molecule has 2 rings (SSSR count). The zero-order valence-electron chi connectivity index (χ0n) is 11.6. The van der Waals surface area contributed by atoms with Crippen LogP contribution in [0.2, 0.25) is 0 Å². The van der Waals surface area contributed by atoms with Crippen LogP contribution in [-0.4, -0.2) is 21.3 Å². The van der Waals surface area contributed by atoms with E-state index in [1.165, 1.54) is 0 Å². The van der Waals surface area contributed by atoms with Crippen molar-refractivity contribution in [2.45, 2.75) is 6.92 Å². The molecule has 0 atom stereocenters. The fourth-order valence-corrected chi connectivity index (χ4v) is 2.02. The number of aryl methyl sites for hydroxylation is 1. The lowest BCUT2D eigenvalue weighted by molar-refractivity contribution is 0.403. The summed E-state index contributed by atoms with van der Waals surface area (Å²) in [5.74, 6) is 2.30. The van der Waals surface area contributed by atoms with E-state index in [0.717, 1.165) is 28.2 Å². The maximum atomic E-state index is 5.37. The van der Waals surface area contributed by atoms with Gasteiger partial charge in [-0.25, -0.2) is 0 Å². The van der Waals surface area contributed by atoms with Crippen molar-refractivity contribution in [2.75, 3.05) is 21.3 Å². The Morgan fingerprint density at radius 1 is 0.842 bits per heavy atom. The third kappa shape index (κ3) is 2.65. The van der Waals surface area contributed by atoms with E-state index >= 15 is 0 Å². The highest BCUT2D eigenvalue weighted by Gasteiger charge is 2.11. The van der Waals surface area contributed by atoms with Gasteiger partial charge in [-0.05, 0) is 42.3 Å². The Bertz CT molecular complexity index is 576. The molecule has 0 saturated heterocycles. The first-order valence-electron chi connectivity index (χ1n) is 5.98. The molecule has 99 valence electrons. The smallest absolute Gasteiger partial charge is 0.134 e. The lowest BCUT2D eigenvalue weighted by Gasteiger charge is -2.13. The van der Waals surface area contributed by atoms with Crippen molar-refractivity contribution in [1.82, 2.24) is 0 Å². The highest BCUT2D eigenvalue weighted by molar-refractivity contribution is 5.75. The summed E-state index contributed by atoms with van der Waals surface area (Å²) in [5.41, 5.74) is 3.15. The van der Waals surface area contributed by atoms with Crippen LogP contribution in [0.15, 0.2) is 30.3 Å². The predicted octanol–water partition coefficient (Wildman–Crippen LogP) is 3.49. The van der Waals surface area contributed by atoms with E-state index in [1.54, 1.807) is 27.4 Å². The van der Waals surface area contributed by atoms with E-state index < -0.39 is 0 Å². The number of hydrogen-bond acceptors (Lipinski definition) is 3. The molecule has 0 heterocycles. The predicted molar refractivity (Wildman–Crippen MR) is 75.1 cm³/mol. The van der Waals surface area contributed by atoms with Crippen molar-refractivity contribution in [3.8, 4) is 28.4 Å². The number of hydrogen-bond donors (Lipinski definition) is 0. The summed E-state index contributed by atoms with van der Waals surface area (Å²) in [6, 6.07) is 12.7. The van der Waals surface area contributed by atoms with Crippen molar-refractivity contribution in [1.29, 1.82) is 0 Å². The minimum absolute atomic E-state index is 0.703. The minimum Gasteiger partial charge on any atom is -0.497 e. The molecule has 3 nitrogen and oxygen atoms in total. The third-order valence-electron chi connectivity index (χ3n) is 3.04. The van der Waals surface area contributed by atoms with Crippen LogP contribution in [-0.2, 0) is 0 Å². The molecule has 0 unspecified atom stereocenters. The van der Waals surface area contributed by atoms with Crippen LogP contribution in [0.1, 0.15) is 5.56 Å². The highest BCUT2D eigenvalue weighted by Crippen LogP contribution is 2.35. The monoisotopic (exact) mass is 257 g/mol. The van der Waals surface area contributed by atoms with E-state index in [0.29, 0.717) is 5.75 Å². The first-order valence-corrected chi connectivity index (χ1v) is 5.98. The Labute approximate surface area is 113 Å². The second-order valence-electron chi connectivity index (χ2n) is 4.17. The third-order valence-corrected chi connectivity index (χ3v) is 3.04. The van der Waals surface area contributed by atoms with Gasteiger partial charge >= 0.3 is 0 Å². The minimum atomic E-state index is 0.703. The second kappa shape index (κ2) is 5.65. The van der Waals surface area contributed by atoms with Gasteiger partial charge in [-0.3, -0.25) is 0 Å². The molecule has 0 bridgehead atoms. The summed E-state index contributed by atoms with van der Waals surface area (Å²) in [5, 5.41) is 0. The lowest BCUT2D eigenvalue weighted by Crippen LogP contribution is -1.93. The lowest BCUT2D eigenvalue weighted by atomic mass is 9.99. The molecule has 0 aliphatic heterocycles. The largest absolute Gasteiger partial charge is 0.497 e. The van der Waals surface area contributed by atoms with Crippen LogP contribution in [0, 0.1) is 13.0 Å². The van der Waals surface area contributed by atoms with E-state index in [4.69, 9.17) is 14.2 Å². The number of ether oxygens (including phenoxy) is 3. The fourth-order valence-electron chi connectivity index (χ4n) is 2.02. The van der Waals surface area contributed by atoms with Gasteiger partial charge < -0.3 is 14.2 Å². The normalized spacial score (nSPS) is 10.1. The Balaban J connectivity index is 2.56. The summed E-state index contributed by atoms with van der Waals surface area (Å²) >= 11 is 0. The maximum absolute atomic E-state index is 5.37. The second-order valence-corrected chi connectivity index (χ2v) is 4.17.